The van der Waals surface area contributed by atoms with E-state index in [4.69, 9.17) is 24.9 Å². The first kappa shape index (κ1) is 97.5. The summed E-state index contributed by atoms with van der Waals surface area (Å²) in [5, 5.41) is 12.5. The molecule has 0 fully saturated rings. The summed E-state index contributed by atoms with van der Waals surface area (Å²) in [5.74, 6) is 6.23. The van der Waals surface area contributed by atoms with Crippen molar-refractivity contribution in [1.29, 1.82) is 0 Å². The summed E-state index contributed by atoms with van der Waals surface area (Å²) >= 11 is 0. The van der Waals surface area contributed by atoms with Gasteiger partial charge in [0.2, 0.25) is 0 Å². The molecule has 9 heterocycles. The minimum atomic E-state index is -0.220. The quantitative estimate of drug-likeness (QED) is 0.149. The topological polar surface area (TPSA) is 115 Å². The van der Waals surface area contributed by atoms with E-state index in [0.717, 1.165) is 85.3 Å². The SMILES string of the molecule is C.C.C.CC(C)(C)c1cc(-n2c3ccccc3c3ccccc32)nc(-n2c3ccccc3c3ccccc32)c1.CC(C)(C)c1ccccc1-c1ccccc1-n1c2ccccc2c2ccccc21.CC(C)(C)c1cnc(C(C)(C)C)nc1.CC(C)(C)c1nc(-c2ccccc2)cc(-c2ccccc2)n1.CC(C)(C)c1nc(-n2c3ccccc3c3ccccc32)cc(-n2c3ccccc3c3ccccc32)n1. The molecular formula is C128H130N12. The lowest BCUT2D eigenvalue weighted by Crippen LogP contribution is -2.19. The van der Waals surface area contributed by atoms with Crippen LogP contribution in [0.25, 0.3) is 172 Å². The van der Waals surface area contributed by atoms with Crippen LogP contribution in [0.5, 0.6) is 0 Å². The van der Waals surface area contributed by atoms with Crippen LogP contribution in [-0.2, 0) is 32.5 Å². The Balaban J connectivity index is 0.000000129. The molecule has 0 radical (unpaired) electrons. The molecule has 0 N–H and O–H groups in total. The van der Waals surface area contributed by atoms with Crippen molar-refractivity contribution in [3.05, 3.63) is 423 Å². The van der Waals surface area contributed by atoms with Crippen molar-refractivity contribution in [2.45, 2.75) is 179 Å². The molecule has 0 bridgehead atoms. The van der Waals surface area contributed by atoms with Gasteiger partial charge >= 0.3 is 0 Å². The summed E-state index contributed by atoms with van der Waals surface area (Å²) in [7, 11) is 0. The predicted octanol–water partition coefficient (Wildman–Crippen LogP) is 34.4. The summed E-state index contributed by atoms with van der Waals surface area (Å²) in [4.78, 5) is 34.1. The van der Waals surface area contributed by atoms with Crippen molar-refractivity contribution in [2.75, 3.05) is 0 Å². The lowest BCUT2D eigenvalue weighted by molar-refractivity contribution is 0.532. The van der Waals surface area contributed by atoms with Crippen LogP contribution < -0.4 is 0 Å². The number of para-hydroxylation sites is 11. The van der Waals surface area contributed by atoms with Crippen molar-refractivity contribution in [1.82, 2.24) is 57.7 Å². The zero-order valence-electron chi connectivity index (χ0n) is 81.8. The average molecular weight is 1840 g/mol. The molecule has 23 aromatic rings. The lowest BCUT2D eigenvalue weighted by atomic mass is 9.81. The van der Waals surface area contributed by atoms with Crippen molar-refractivity contribution < 1.29 is 0 Å². The third kappa shape index (κ3) is 19.2. The van der Waals surface area contributed by atoms with Crippen LogP contribution in [0.3, 0.4) is 0 Å². The number of hydrogen-bond acceptors (Lipinski definition) is 7. The lowest BCUT2D eigenvalue weighted by Gasteiger charge is -2.24. The summed E-state index contributed by atoms with van der Waals surface area (Å²) in [6, 6.07) is 133. The molecule has 12 nitrogen and oxygen atoms in total. The predicted molar refractivity (Wildman–Crippen MR) is 597 cm³/mol. The van der Waals surface area contributed by atoms with E-state index in [1.54, 1.807) is 0 Å². The molecular weight excluding hydrogens is 1710 g/mol. The monoisotopic (exact) mass is 1840 g/mol. The van der Waals surface area contributed by atoms with Crippen LogP contribution in [0.4, 0.5) is 0 Å². The van der Waals surface area contributed by atoms with Crippen molar-refractivity contribution in [3.63, 3.8) is 0 Å². The van der Waals surface area contributed by atoms with E-state index in [1.807, 2.05) is 48.8 Å². The van der Waals surface area contributed by atoms with Crippen LogP contribution in [0.15, 0.2) is 389 Å². The Labute approximate surface area is 825 Å². The van der Waals surface area contributed by atoms with Gasteiger partial charge in [0.25, 0.3) is 0 Å². The Hall–Kier alpha value is -15.5. The highest BCUT2D eigenvalue weighted by Gasteiger charge is 2.29. The third-order valence-corrected chi connectivity index (χ3v) is 25.7. The van der Waals surface area contributed by atoms with E-state index in [0.29, 0.717) is 0 Å². The molecule has 0 aliphatic carbocycles. The fourth-order valence-corrected chi connectivity index (χ4v) is 18.7. The molecule has 0 saturated carbocycles. The van der Waals surface area contributed by atoms with Gasteiger partial charge in [0, 0.05) is 105 Å². The molecule has 12 heteroatoms. The number of aromatic nitrogens is 12. The van der Waals surface area contributed by atoms with Gasteiger partial charge in [-0.1, -0.05) is 432 Å². The maximum atomic E-state index is 5.36. The Morgan fingerprint density at radius 1 is 0.186 bits per heavy atom. The second kappa shape index (κ2) is 39.2. The number of rotatable bonds is 8. The van der Waals surface area contributed by atoms with E-state index in [2.05, 4.69) is 497 Å². The van der Waals surface area contributed by atoms with Crippen LogP contribution in [-0.4, -0.2) is 57.7 Å². The first-order valence-electron chi connectivity index (χ1n) is 47.7. The largest absolute Gasteiger partial charge is 0.309 e. The third-order valence-electron chi connectivity index (χ3n) is 25.7. The van der Waals surface area contributed by atoms with Gasteiger partial charge in [0.1, 0.15) is 40.7 Å². The normalized spacial score (nSPS) is 11.9. The van der Waals surface area contributed by atoms with E-state index < -0.39 is 0 Å². The molecule has 14 aromatic carbocycles. The number of pyridine rings is 1. The fourth-order valence-electron chi connectivity index (χ4n) is 18.7. The minimum Gasteiger partial charge on any atom is -0.309 e. The summed E-state index contributed by atoms with van der Waals surface area (Å²) in [6.45, 7) is 39.5. The Bertz CT molecular complexity index is 7480. The van der Waals surface area contributed by atoms with Crippen LogP contribution in [0.1, 0.15) is 181 Å². The molecule has 0 saturated heterocycles. The van der Waals surface area contributed by atoms with Gasteiger partial charge in [0.05, 0.1) is 72.2 Å². The zero-order valence-corrected chi connectivity index (χ0v) is 81.8. The second-order valence-electron chi connectivity index (χ2n) is 41.9. The Kier molecular flexibility index (Phi) is 27.3. The van der Waals surface area contributed by atoms with Gasteiger partial charge in [-0.25, -0.2) is 34.9 Å². The maximum Gasteiger partial charge on any atom is 0.143 e. The van der Waals surface area contributed by atoms with Gasteiger partial charge in [0.15, 0.2) is 0 Å². The Morgan fingerprint density at radius 3 is 0.714 bits per heavy atom. The standard InChI is InChI=1S/C33H27N3.C32H26N4.C28H25N.C20H20N2.C12H20N2.3CH4/c1-33(2,3)22-20-31(35-27-16-8-4-12-23(27)24-13-5-9-17-28(24)35)34-32(21-22)36-29-18-10-6-14-25(29)26-15-7-11-19-30(26)36;1-32(2,3)31-33-29(35-25-16-8-4-12-21(25)22-13-5-9-17-26(22)35)20-30(34-31)36-27-18-10-6-14-23(27)24-15-7-11-19-28(24)36;1-28(2,3)24-16-8-4-12-20(24)21-13-5-9-17-25(21)29-26-18-10-6-14-22(26)23-15-7-11-19-27(23)29;1-20(2,3)19-21-17(15-10-6-4-7-11-15)14-18(22-19)16-12-8-5-9-13-16;1-11(2,3)9-7-13-10(14-8-9)12(4,5)6;;;/h4-21H,1-3H3;4-20H,1-3H3;4-19H,1-3H3;4-14H,1-3H3;7-8H,1-6H3;3*1H4. The van der Waals surface area contributed by atoms with Gasteiger partial charge < -0.3 is 4.57 Å². The Morgan fingerprint density at radius 2 is 0.429 bits per heavy atom. The van der Waals surface area contributed by atoms with E-state index in [-0.39, 0.29) is 54.8 Å². The molecule has 0 unspecified atom stereocenters. The van der Waals surface area contributed by atoms with Crippen LogP contribution >= 0.6 is 0 Å². The molecule has 702 valence electrons. The molecule has 0 spiro atoms. The van der Waals surface area contributed by atoms with Gasteiger partial charge in [-0.05, 0) is 123 Å². The summed E-state index contributed by atoms with van der Waals surface area (Å²) < 4.78 is 11.6. The summed E-state index contributed by atoms with van der Waals surface area (Å²) in [5.41, 5.74) is 23.4. The van der Waals surface area contributed by atoms with Gasteiger partial charge in [-0.2, -0.15) is 0 Å². The van der Waals surface area contributed by atoms with E-state index in [9.17, 15) is 0 Å². The zero-order chi connectivity index (χ0) is 95.5. The molecule has 0 aliphatic rings. The second-order valence-corrected chi connectivity index (χ2v) is 41.9. The van der Waals surface area contributed by atoms with Gasteiger partial charge in [-0.15, -0.1) is 0 Å². The molecule has 0 amide bonds. The molecule has 23 rings (SSSR count). The highest BCUT2D eigenvalue weighted by Crippen LogP contribution is 2.44. The maximum absolute atomic E-state index is 5.36. The van der Waals surface area contributed by atoms with Gasteiger partial charge in [-0.3, -0.25) is 18.3 Å². The van der Waals surface area contributed by atoms with Crippen molar-refractivity contribution in [3.8, 4) is 62.6 Å². The number of benzene rings is 14. The first-order chi connectivity index (χ1) is 65.8. The van der Waals surface area contributed by atoms with Crippen molar-refractivity contribution >= 4 is 109 Å². The average Bonchev–Trinajstić information content (AvgIpc) is 1.59. The number of hydrogen-bond donors (Lipinski definition) is 0. The van der Waals surface area contributed by atoms with Crippen LogP contribution in [0, 0.1) is 0 Å². The first-order valence-corrected chi connectivity index (χ1v) is 47.7. The number of nitrogens with zero attached hydrogens (tertiary/aromatic N) is 12. The summed E-state index contributed by atoms with van der Waals surface area (Å²) in [6.07, 6.45) is 3.88. The number of fused-ring (bicyclic) bond motifs is 15. The molecule has 9 aromatic heterocycles. The van der Waals surface area contributed by atoms with E-state index in [1.165, 1.54) is 120 Å². The highest BCUT2D eigenvalue weighted by atomic mass is 15.2. The van der Waals surface area contributed by atoms with E-state index >= 15 is 0 Å². The minimum absolute atomic E-state index is 0. The molecule has 0 aliphatic heterocycles. The molecule has 0 atom stereocenters. The van der Waals surface area contributed by atoms with Crippen LogP contribution in [0.2, 0.25) is 0 Å². The highest BCUT2D eigenvalue weighted by molar-refractivity contribution is 6.13. The van der Waals surface area contributed by atoms with Crippen molar-refractivity contribution in [2.24, 2.45) is 0 Å². The fraction of sp³-hybridized carbons (Fsp3) is 0.211. The smallest absolute Gasteiger partial charge is 0.143 e. The molecule has 140 heavy (non-hydrogen) atoms.